The van der Waals surface area contributed by atoms with Gasteiger partial charge in [-0.15, -0.1) is 24.0 Å². The molecule has 0 bridgehead atoms. The molecule has 8 heteroatoms. The molecule has 0 saturated carbocycles. The maximum atomic E-state index is 13.6. The molecule has 1 aromatic rings. The van der Waals surface area contributed by atoms with E-state index in [1.807, 2.05) is 0 Å². The standard InChI is InChI=1S/C17H28FN3O3.HI/c1-19-17(20-7-4-8-24-10-9-22-2)21-12-14-5-6-16(18)15(11-14)13-23-3;/h5-6,11H,4,7-10,12-13H2,1-3H3,(H2,19,20,21);1H. The Morgan fingerprint density at radius 1 is 1.12 bits per heavy atom. The third-order valence-corrected chi connectivity index (χ3v) is 3.28. The van der Waals surface area contributed by atoms with Crippen LogP contribution in [0, 0.1) is 5.82 Å². The van der Waals surface area contributed by atoms with E-state index < -0.39 is 0 Å². The van der Waals surface area contributed by atoms with Crippen LogP contribution in [0.25, 0.3) is 0 Å². The number of aliphatic imine (C=N–C) groups is 1. The van der Waals surface area contributed by atoms with Gasteiger partial charge in [0.2, 0.25) is 0 Å². The largest absolute Gasteiger partial charge is 0.382 e. The van der Waals surface area contributed by atoms with Crippen LogP contribution in [0.4, 0.5) is 4.39 Å². The van der Waals surface area contributed by atoms with Crippen LogP contribution in [-0.2, 0) is 27.4 Å². The fourth-order valence-electron chi connectivity index (χ4n) is 2.04. The summed E-state index contributed by atoms with van der Waals surface area (Å²) >= 11 is 0. The molecule has 25 heavy (non-hydrogen) atoms. The third kappa shape index (κ3) is 10.6. The van der Waals surface area contributed by atoms with E-state index in [-0.39, 0.29) is 36.4 Å². The molecule has 0 aliphatic carbocycles. The lowest BCUT2D eigenvalue weighted by atomic mass is 10.1. The Labute approximate surface area is 166 Å². The number of nitrogens with zero attached hydrogens (tertiary/aromatic N) is 1. The first kappa shape index (κ1) is 24.0. The van der Waals surface area contributed by atoms with Gasteiger partial charge in [0.05, 0.1) is 19.8 Å². The first-order valence-corrected chi connectivity index (χ1v) is 7.98. The van der Waals surface area contributed by atoms with Crippen LogP contribution in [0.2, 0.25) is 0 Å². The van der Waals surface area contributed by atoms with Gasteiger partial charge < -0.3 is 24.8 Å². The minimum atomic E-state index is -0.253. The third-order valence-electron chi connectivity index (χ3n) is 3.28. The van der Waals surface area contributed by atoms with Crippen molar-refractivity contribution in [2.75, 3.05) is 47.6 Å². The Morgan fingerprint density at radius 3 is 2.60 bits per heavy atom. The zero-order valence-electron chi connectivity index (χ0n) is 15.1. The Morgan fingerprint density at radius 2 is 1.92 bits per heavy atom. The summed E-state index contributed by atoms with van der Waals surface area (Å²) in [5.74, 6) is 0.445. The van der Waals surface area contributed by atoms with Gasteiger partial charge in [-0.2, -0.15) is 0 Å². The number of halogens is 2. The van der Waals surface area contributed by atoms with Gasteiger partial charge >= 0.3 is 0 Å². The highest BCUT2D eigenvalue weighted by Gasteiger charge is 2.04. The minimum Gasteiger partial charge on any atom is -0.382 e. The van der Waals surface area contributed by atoms with Crippen molar-refractivity contribution in [1.82, 2.24) is 10.6 Å². The zero-order chi connectivity index (χ0) is 17.6. The number of rotatable bonds is 11. The maximum Gasteiger partial charge on any atom is 0.191 e. The number of hydrogen-bond acceptors (Lipinski definition) is 4. The highest BCUT2D eigenvalue weighted by Crippen LogP contribution is 2.11. The fourth-order valence-corrected chi connectivity index (χ4v) is 2.04. The number of benzene rings is 1. The van der Waals surface area contributed by atoms with E-state index in [4.69, 9.17) is 14.2 Å². The first-order valence-electron chi connectivity index (χ1n) is 7.98. The van der Waals surface area contributed by atoms with E-state index in [9.17, 15) is 4.39 Å². The van der Waals surface area contributed by atoms with Crippen molar-refractivity contribution in [1.29, 1.82) is 0 Å². The molecule has 0 heterocycles. The van der Waals surface area contributed by atoms with Crippen molar-refractivity contribution in [3.8, 4) is 0 Å². The van der Waals surface area contributed by atoms with Crippen LogP contribution < -0.4 is 10.6 Å². The van der Waals surface area contributed by atoms with E-state index >= 15 is 0 Å². The summed E-state index contributed by atoms with van der Waals surface area (Å²) < 4.78 is 28.9. The molecular weight excluding hydrogens is 440 g/mol. The van der Waals surface area contributed by atoms with E-state index in [0.29, 0.717) is 37.9 Å². The molecule has 0 amide bonds. The van der Waals surface area contributed by atoms with Gasteiger partial charge in [-0.1, -0.05) is 6.07 Å². The highest BCUT2D eigenvalue weighted by molar-refractivity contribution is 14.0. The second kappa shape index (κ2) is 15.3. The van der Waals surface area contributed by atoms with E-state index in [1.54, 1.807) is 33.4 Å². The van der Waals surface area contributed by atoms with Gasteiger partial charge in [0.1, 0.15) is 5.82 Å². The fraction of sp³-hybridized carbons (Fsp3) is 0.588. The van der Waals surface area contributed by atoms with Gasteiger partial charge in [0.25, 0.3) is 0 Å². The molecule has 0 unspecified atom stereocenters. The molecule has 0 radical (unpaired) electrons. The smallest absolute Gasteiger partial charge is 0.191 e. The molecule has 0 spiro atoms. The topological polar surface area (TPSA) is 64.1 Å². The van der Waals surface area contributed by atoms with Gasteiger partial charge in [-0.05, 0) is 24.1 Å². The van der Waals surface area contributed by atoms with Gasteiger partial charge in [0, 0.05) is 46.5 Å². The van der Waals surface area contributed by atoms with Crippen LogP contribution >= 0.6 is 24.0 Å². The average Bonchev–Trinajstić information content (AvgIpc) is 2.59. The second-order valence-corrected chi connectivity index (χ2v) is 5.17. The molecule has 1 aromatic carbocycles. The number of methoxy groups -OCH3 is 2. The molecule has 0 fully saturated rings. The number of nitrogens with one attached hydrogen (secondary N) is 2. The molecule has 144 valence electrons. The normalized spacial score (nSPS) is 11.1. The average molecular weight is 469 g/mol. The van der Waals surface area contributed by atoms with Crippen LogP contribution in [-0.4, -0.2) is 53.6 Å². The summed E-state index contributed by atoms with van der Waals surface area (Å²) in [4.78, 5) is 4.16. The molecule has 6 nitrogen and oxygen atoms in total. The maximum absolute atomic E-state index is 13.6. The molecule has 0 saturated heterocycles. The predicted molar refractivity (Wildman–Crippen MR) is 108 cm³/mol. The molecular formula is C17H29FIN3O3. The van der Waals surface area contributed by atoms with Crippen LogP contribution in [0.1, 0.15) is 17.5 Å². The second-order valence-electron chi connectivity index (χ2n) is 5.17. The van der Waals surface area contributed by atoms with E-state index in [2.05, 4.69) is 15.6 Å². The van der Waals surface area contributed by atoms with Crippen molar-refractivity contribution < 1.29 is 18.6 Å². The highest BCUT2D eigenvalue weighted by atomic mass is 127. The number of ether oxygens (including phenoxy) is 3. The monoisotopic (exact) mass is 469 g/mol. The predicted octanol–water partition coefficient (Wildman–Crippen LogP) is 2.31. The SMILES string of the molecule is CN=C(NCCCOCCOC)NCc1ccc(F)c(COC)c1.I. The lowest BCUT2D eigenvalue weighted by molar-refractivity contribution is 0.0698. The summed E-state index contributed by atoms with van der Waals surface area (Å²) in [5, 5.41) is 6.41. The van der Waals surface area contributed by atoms with Crippen molar-refractivity contribution in [2.45, 2.75) is 19.6 Å². The van der Waals surface area contributed by atoms with Crippen molar-refractivity contribution >= 4 is 29.9 Å². The van der Waals surface area contributed by atoms with Gasteiger partial charge in [-0.3, -0.25) is 4.99 Å². The molecule has 2 N–H and O–H groups in total. The minimum absolute atomic E-state index is 0. The van der Waals surface area contributed by atoms with E-state index in [0.717, 1.165) is 18.5 Å². The number of hydrogen-bond donors (Lipinski definition) is 2. The molecule has 0 aromatic heterocycles. The van der Waals surface area contributed by atoms with Gasteiger partial charge in [0.15, 0.2) is 5.96 Å². The molecule has 1 rings (SSSR count). The van der Waals surface area contributed by atoms with Crippen molar-refractivity contribution in [2.24, 2.45) is 4.99 Å². The Hall–Kier alpha value is -0.970. The Kier molecular flexibility index (Phi) is 14.7. The molecule has 0 atom stereocenters. The van der Waals surface area contributed by atoms with Crippen LogP contribution in [0.5, 0.6) is 0 Å². The summed E-state index contributed by atoms with van der Waals surface area (Å²) in [6, 6.07) is 5.00. The first-order chi connectivity index (χ1) is 11.7. The molecule has 0 aliphatic heterocycles. The summed E-state index contributed by atoms with van der Waals surface area (Å²) in [7, 11) is 4.92. The van der Waals surface area contributed by atoms with E-state index in [1.165, 1.54) is 6.07 Å². The van der Waals surface area contributed by atoms with Gasteiger partial charge in [-0.25, -0.2) is 4.39 Å². The Bertz CT molecular complexity index is 504. The van der Waals surface area contributed by atoms with Crippen molar-refractivity contribution in [3.63, 3.8) is 0 Å². The summed E-state index contributed by atoms with van der Waals surface area (Å²) in [6.07, 6.45) is 0.874. The molecule has 0 aliphatic rings. The Balaban J connectivity index is 0.00000576. The lowest BCUT2D eigenvalue weighted by Crippen LogP contribution is -2.37. The zero-order valence-corrected chi connectivity index (χ0v) is 17.5. The van der Waals surface area contributed by atoms with Crippen LogP contribution in [0.3, 0.4) is 0 Å². The van der Waals surface area contributed by atoms with Crippen molar-refractivity contribution in [3.05, 3.63) is 35.1 Å². The quantitative estimate of drug-likeness (QED) is 0.226. The van der Waals surface area contributed by atoms with Crippen LogP contribution in [0.15, 0.2) is 23.2 Å². The number of guanidine groups is 1. The lowest BCUT2D eigenvalue weighted by Gasteiger charge is -2.13. The summed E-state index contributed by atoms with van der Waals surface area (Å²) in [6.45, 7) is 3.46. The summed E-state index contributed by atoms with van der Waals surface area (Å²) in [5.41, 5.74) is 1.52.